The van der Waals surface area contributed by atoms with Gasteiger partial charge in [-0.1, -0.05) is 19.1 Å². The Balaban J connectivity index is 4.22. The molecule has 1 nitrogen and oxygen atoms in total. The lowest BCUT2D eigenvalue weighted by Gasteiger charge is -2.28. The molecule has 0 aliphatic heterocycles. The third kappa shape index (κ3) is 2.89. The van der Waals surface area contributed by atoms with E-state index in [9.17, 15) is 5.11 Å². The Kier molecular flexibility index (Phi) is 4.12. The van der Waals surface area contributed by atoms with Crippen LogP contribution in [-0.2, 0) is 0 Å². The van der Waals surface area contributed by atoms with Gasteiger partial charge in [0.15, 0.2) is 0 Å². The first-order valence-corrected chi connectivity index (χ1v) is 4.04. The van der Waals surface area contributed by atoms with Crippen LogP contribution < -0.4 is 0 Å². The van der Waals surface area contributed by atoms with Gasteiger partial charge in [-0.05, 0) is 19.8 Å². The maximum Gasteiger partial charge on any atom is 0.0715 e. The lowest BCUT2D eigenvalue weighted by atomic mass is 9.84. The Morgan fingerprint density at radius 2 is 2.09 bits per heavy atom. The Morgan fingerprint density at radius 3 is 2.36 bits per heavy atom. The van der Waals surface area contributed by atoms with Crippen LogP contribution >= 0.6 is 0 Å². The Hall–Kier alpha value is -0.560. The van der Waals surface area contributed by atoms with Crippen LogP contribution in [-0.4, -0.2) is 10.7 Å². The van der Waals surface area contributed by atoms with E-state index in [1.165, 1.54) is 0 Å². The highest BCUT2D eigenvalue weighted by Gasteiger charge is 2.26. The lowest BCUT2D eigenvalue weighted by Crippen LogP contribution is -2.32. The van der Waals surface area contributed by atoms with Gasteiger partial charge < -0.3 is 5.11 Å². The summed E-state index contributed by atoms with van der Waals surface area (Å²) in [7, 11) is 0. The van der Waals surface area contributed by atoms with Gasteiger partial charge in [0.05, 0.1) is 5.60 Å². The highest BCUT2D eigenvalue weighted by molar-refractivity contribution is 4.95. The van der Waals surface area contributed by atoms with E-state index >= 15 is 0 Å². The minimum Gasteiger partial charge on any atom is -0.389 e. The number of rotatable bonds is 5. The van der Waals surface area contributed by atoms with Gasteiger partial charge in [0, 0.05) is 5.92 Å². The van der Waals surface area contributed by atoms with Gasteiger partial charge in [0.1, 0.15) is 0 Å². The summed E-state index contributed by atoms with van der Waals surface area (Å²) >= 11 is 0. The zero-order chi connectivity index (χ0) is 8.91. The van der Waals surface area contributed by atoms with Crippen molar-refractivity contribution in [2.45, 2.75) is 32.3 Å². The molecule has 0 saturated heterocycles. The van der Waals surface area contributed by atoms with Crippen molar-refractivity contribution in [1.82, 2.24) is 0 Å². The van der Waals surface area contributed by atoms with Gasteiger partial charge in [-0.15, -0.1) is 13.2 Å². The van der Waals surface area contributed by atoms with E-state index in [0.29, 0.717) is 6.42 Å². The summed E-state index contributed by atoms with van der Waals surface area (Å²) < 4.78 is 0. The summed E-state index contributed by atoms with van der Waals surface area (Å²) in [6.07, 6.45) is 5.09. The fraction of sp³-hybridized carbons (Fsp3) is 0.600. The molecule has 0 aromatic rings. The average Bonchev–Trinajstić information content (AvgIpc) is 1.89. The van der Waals surface area contributed by atoms with Crippen LogP contribution in [0.25, 0.3) is 0 Å². The maximum atomic E-state index is 9.83. The topological polar surface area (TPSA) is 20.2 Å². The largest absolute Gasteiger partial charge is 0.389 e. The van der Waals surface area contributed by atoms with Gasteiger partial charge >= 0.3 is 0 Å². The standard InChI is InChI=1S/C10H18O/c1-5-8-10(4,11)9(6-2)7-3/h5-6,9,11H,1-2,7-8H2,3-4H3. The van der Waals surface area contributed by atoms with E-state index in [-0.39, 0.29) is 5.92 Å². The summed E-state index contributed by atoms with van der Waals surface area (Å²) in [5, 5.41) is 9.83. The van der Waals surface area contributed by atoms with Gasteiger partial charge in [-0.3, -0.25) is 0 Å². The molecule has 0 saturated carbocycles. The van der Waals surface area contributed by atoms with Crippen molar-refractivity contribution in [3.63, 3.8) is 0 Å². The molecule has 0 fully saturated rings. The molecule has 0 aliphatic rings. The Labute approximate surface area is 69.4 Å². The summed E-state index contributed by atoms with van der Waals surface area (Å²) in [4.78, 5) is 0. The monoisotopic (exact) mass is 154 g/mol. The van der Waals surface area contributed by atoms with Crippen molar-refractivity contribution in [2.75, 3.05) is 0 Å². The van der Waals surface area contributed by atoms with Crippen LogP contribution in [0, 0.1) is 5.92 Å². The van der Waals surface area contributed by atoms with Crippen molar-refractivity contribution in [1.29, 1.82) is 0 Å². The normalized spacial score (nSPS) is 18.5. The van der Waals surface area contributed by atoms with Crippen LogP contribution in [0.3, 0.4) is 0 Å². The van der Waals surface area contributed by atoms with Gasteiger partial charge in [-0.25, -0.2) is 0 Å². The SMILES string of the molecule is C=CCC(C)(O)C(C=C)CC. The van der Waals surface area contributed by atoms with E-state index < -0.39 is 5.60 Å². The molecule has 0 aromatic carbocycles. The zero-order valence-corrected chi connectivity index (χ0v) is 7.51. The maximum absolute atomic E-state index is 9.83. The predicted octanol–water partition coefficient (Wildman–Crippen LogP) is 2.53. The molecule has 0 radical (unpaired) electrons. The molecule has 0 amide bonds. The number of hydrogen-bond donors (Lipinski definition) is 1. The summed E-state index contributed by atoms with van der Waals surface area (Å²) in [5.74, 6) is 0.167. The molecule has 0 aromatic heterocycles. The van der Waals surface area contributed by atoms with Crippen molar-refractivity contribution >= 4 is 0 Å². The fourth-order valence-electron chi connectivity index (χ4n) is 1.30. The van der Waals surface area contributed by atoms with Crippen molar-refractivity contribution in [3.8, 4) is 0 Å². The number of aliphatic hydroxyl groups is 1. The quantitative estimate of drug-likeness (QED) is 0.603. The van der Waals surface area contributed by atoms with Crippen molar-refractivity contribution < 1.29 is 5.11 Å². The molecule has 1 N–H and O–H groups in total. The van der Waals surface area contributed by atoms with Crippen LogP contribution in [0.4, 0.5) is 0 Å². The predicted molar refractivity (Wildman–Crippen MR) is 49.4 cm³/mol. The molecule has 11 heavy (non-hydrogen) atoms. The second-order valence-electron chi connectivity index (χ2n) is 3.10. The first-order valence-electron chi connectivity index (χ1n) is 4.04. The van der Waals surface area contributed by atoms with Gasteiger partial charge in [0.25, 0.3) is 0 Å². The molecule has 1 heteroatoms. The summed E-state index contributed by atoms with van der Waals surface area (Å²) in [6, 6.07) is 0. The molecule has 0 aliphatic carbocycles. The lowest BCUT2D eigenvalue weighted by molar-refractivity contribution is 0.0196. The second-order valence-corrected chi connectivity index (χ2v) is 3.10. The molecule has 64 valence electrons. The molecule has 2 atom stereocenters. The fourth-order valence-corrected chi connectivity index (χ4v) is 1.30. The third-order valence-corrected chi connectivity index (χ3v) is 2.08. The van der Waals surface area contributed by atoms with Crippen LogP contribution in [0.15, 0.2) is 25.3 Å². The molecule has 2 unspecified atom stereocenters. The Morgan fingerprint density at radius 1 is 1.55 bits per heavy atom. The van der Waals surface area contributed by atoms with E-state index in [1.807, 2.05) is 19.9 Å². The first kappa shape index (κ1) is 10.4. The highest BCUT2D eigenvalue weighted by atomic mass is 16.3. The zero-order valence-electron chi connectivity index (χ0n) is 7.51. The average molecular weight is 154 g/mol. The van der Waals surface area contributed by atoms with Crippen LogP contribution in [0.1, 0.15) is 26.7 Å². The number of hydrogen-bond acceptors (Lipinski definition) is 1. The summed E-state index contributed by atoms with van der Waals surface area (Å²) in [5.41, 5.74) is -0.668. The van der Waals surface area contributed by atoms with Gasteiger partial charge in [0.2, 0.25) is 0 Å². The first-order chi connectivity index (χ1) is 5.08. The molecule has 0 spiro atoms. The van der Waals surface area contributed by atoms with Gasteiger partial charge in [-0.2, -0.15) is 0 Å². The van der Waals surface area contributed by atoms with E-state index in [2.05, 4.69) is 13.2 Å². The van der Waals surface area contributed by atoms with E-state index in [4.69, 9.17) is 0 Å². The van der Waals surface area contributed by atoms with E-state index in [1.54, 1.807) is 6.08 Å². The highest BCUT2D eigenvalue weighted by Crippen LogP contribution is 2.24. The van der Waals surface area contributed by atoms with Crippen LogP contribution in [0.5, 0.6) is 0 Å². The molecule has 0 rings (SSSR count). The second kappa shape index (κ2) is 4.35. The molecule has 0 heterocycles. The smallest absolute Gasteiger partial charge is 0.0715 e. The minimum absolute atomic E-state index is 0.167. The molecular formula is C10H18O. The molecular weight excluding hydrogens is 136 g/mol. The minimum atomic E-state index is -0.668. The third-order valence-electron chi connectivity index (χ3n) is 2.08. The van der Waals surface area contributed by atoms with Crippen LogP contribution in [0.2, 0.25) is 0 Å². The molecule has 0 bridgehead atoms. The van der Waals surface area contributed by atoms with E-state index in [0.717, 1.165) is 6.42 Å². The van der Waals surface area contributed by atoms with Crippen molar-refractivity contribution in [2.24, 2.45) is 5.92 Å². The van der Waals surface area contributed by atoms with Crippen molar-refractivity contribution in [3.05, 3.63) is 25.3 Å². The summed E-state index contributed by atoms with van der Waals surface area (Å²) in [6.45, 7) is 11.2. The Bertz CT molecular complexity index is 136.